The van der Waals surface area contributed by atoms with E-state index in [1.165, 1.54) is 5.56 Å². The van der Waals surface area contributed by atoms with Gasteiger partial charge in [0.25, 0.3) is 0 Å². The van der Waals surface area contributed by atoms with E-state index >= 15 is 0 Å². The lowest BCUT2D eigenvalue weighted by atomic mass is 9.73. The van der Waals surface area contributed by atoms with E-state index in [2.05, 4.69) is 26.8 Å². The quantitative estimate of drug-likeness (QED) is 0.732. The minimum atomic E-state index is -1.37. The molecular weight excluding hydrogens is 187 g/mol. The van der Waals surface area contributed by atoms with Crippen molar-refractivity contribution in [3.8, 4) is 0 Å². The lowest BCUT2D eigenvalue weighted by molar-refractivity contribution is 0.424. The fraction of sp³-hybridized carbons (Fsp3) is 0.500. The maximum absolute atomic E-state index is 9.11. The van der Waals surface area contributed by atoms with Gasteiger partial charge in [0.15, 0.2) is 0 Å². The van der Waals surface area contributed by atoms with Crippen LogP contribution in [0.3, 0.4) is 0 Å². The van der Waals surface area contributed by atoms with E-state index < -0.39 is 7.12 Å². The van der Waals surface area contributed by atoms with Crippen molar-refractivity contribution in [2.24, 2.45) is 0 Å². The summed E-state index contributed by atoms with van der Waals surface area (Å²) in [6.45, 7) is 6.52. The van der Waals surface area contributed by atoms with Gasteiger partial charge in [0.05, 0.1) is 0 Å². The van der Waals surface area contributed by atoms with Gasteiger partial charge < -0.3 is 10.0 Å². The third kappa shape index (κ3) is 2.61. The molecule has 2 N–H and O–H groups in total. The lowest BCUT2D eigenvalue weighted by Gasteiger charge is -2.27. The molecule has 15 heavy (non-hydrogen) atoms. The Labute approximate surface area is 92.1 Å². The average Bonchev–Trinajstić information content (AvgIpc) is 2.28. The number of hydrogen-bond donors (Lipinski definition) is 2. The highest BCUT2D eigenvalue weighted by Crippen LogP contribution is 2.30. The topological polar surface area (TPSA) is 40.5 Å². The van der Waals surface area contributed by atoms with Gasteiger partial charge in [0, 0.05) is 0 Å². The predicted octanol–water partition coefficient (Wildman–Crippen LogP) is 1.44. The Hall–Kier alpha value is -0.795. The van der Waals surface area contributed by atoms with Crippen molar-refractivity contribution >= 4 is 12.6 Å². The fourth-order valence-corrected chi connectivity index (χ4v) is 1.73. The van der Waals surface area contributed by atoms with E-state index in [9.17, 15) is 0 Å². The normalized spacial score (nSPS) is 11.5. The predicted molar refractivity (Wildman–Crippen MR) is 64.2 cm³/mol. The van der Waals surface area contributed by atoms with Crippen LogP contribution in [0.1, 0.15) is 39.2 Å². The molecular formula is C12H19BO2. The molecule has 0 aliphatic heterocycles. The molecule has 3 heteroatoms. The van der Waals surface area contributed by atoms with Gasteiger partial charge in [-0.05, 0) is 29.3 Å². The van der Waals surface area contributed by atoms with Crippen LogP contribution in [0.4, 0.5) is 0 Å². The van der Waals surface area contributed by atoms with Gasteiger partial charge in [-0.2, -0.15) is 0 Å². The summed E-state index contributed by atoms with van der Waals surface area (Å²) in [4.78, 5) is 0. The molecule has 1 aromatic carbocycles. The van der Waals surface area contributed by atoms with Gasteiger partial charge in [-0.1, -0.05) is 45.0 Å². The molecule has 1 aromatic rings. The smallest absolute Gasteiger partial charge is 0.423 e. The van der Waals surface area contributed by atoms with E-state index in [1.54, 1.807) is 6.07 Å². The Balaban J connectivity index is 3.09. The molecule has 0 aliphatic rings. The summed E-state index contributed by atoms with van der Waals surface area (Å²) >= 11 is 0. The first-order valence-electron chi connectivity index (χ1n) is 5.50. The van der Waals surface area contributed by atoms with Gasteiger partial charge in [-0.25, -0.2) is 0 Å². The minimum absolute atomic E-state index is 0.130. The van der Waals surface area contributed by atoms with Gasteiger partial charge in [-0.15, -0.1) is 0 Å². The maximum Gasteiger partial charge on any atom is 0.488 e. The molecule has 0 spiro atoms. The van der Waals surface area contributed by atoms with E-state index in [1.807, 2.05) is 12.1 Å². The summed E-state index contributed by atoms with van der Waals surface area (Å²) in [6.07, 6.45) is 2.10. The van der Waals surface area contributed by atoms with Crippen molar-refractivity contribution < 1.29 is 10.0 Å². The van der Waals surface area contributed by atoms with E-state index in [4.69, 9.17) is 10.0 Å². The van der Waals surface area contributed by atoms with Crippen LogP contribution in [0, 0.1) is 0 Å². The zero-order valence-corrected chi connectivity index (χ0v) is 9.70. The van der Waals surface area contributed by atoms with E-state index in [0.717, 1.165) is 12.8 Å². The number of hydrogen-bond acceptors (Lipinski definition) is 2. The molecule has 0 aliphatic carbocycles. The molecule has 0 bridgehead atoms. The van der Waals surface area contributed by atoms with Crippen LogP contribution in [0.5, 0.6) is 0 Å². The third-order valence-corrected chi connectivity index (χ3v) is 3.44. The van der Waals surface area contributed by atoms with Crippen LogP contribution in [-0.4, -0.2) is 17.2 Å². The summed E-state index contributed by atoms with van der Waals surface area (Å²) in [5.74, 6) is 0. The molecule has 0 atom stereocenters. The Kier molecular flexibility index (Phi) is 3.94. The average molecular weight is 206 g/mol. The zero-order valence-electron chi connectivity index (χ0n) is 9.70. The molecule has 0 amide bonds. The van der Waals surface area contributed by atoms with Gasteiger partial charge >= 0.3 is 7.12 Å². The second-order valence-electron chi connectivity index (χ2n) is 4.27. The maximum atomic E-state index is 9.11. The molecule has 0 fully saturated rings. The van der Waals surface area contributed by atoms with Crippen molar-refractivity contribution in [1.82, 2.24) is 0 Å². The Bertz CT molecular complexity index is 319. The lowest BCUT2D eigenvalue weighted by Crippen LogP contribution is -2.31. The third-order valence-electron chi connectivity index (χ3n) is 3.44. The summed E-state index contributed by atoms with van der Waals surface area (Å²) in [7, 11) is -1.37. The van der Waals surface area contributed by atoms with Crippen LogP contribution in [0.2, 0.25) is 0 Å². The first kappa shape index (κ1) is 12.3. The molecule has 0 aromatic heterocycles. The minimum Gasteiger partial charge on any atom is -0.423 e. The Morgan fingerprint density at radius 2 is 1.80 bits per heavy atom. The summed E-state index contributed by atoms with van der Waals surface area (Å²) in [6, 6.07) is 7.56. The summed E-state index contributed by atoms with van der Waals surface area (Å²) in [5.41, 5.74) is 1.88. The molecule has 82 valence electrons. The molecule has 0 saturated carbocycles. The monoisotopic (exact) mass is 206 g/mol. The fourth-order valence-electron chi connectivity index (χ4n) is 1.73. The van der Waals surface area contributed by atoms with Crippen molar-refractivity contribution in [3.05, 3.63) is 29.8 Å². The highest BCUT2D eigenvalue weighted by molar-refractivity contribution is 6.58. The van der Waals surface area contributed by atoms with Crippen LogP contribution < -0.4 is 5.46 Å². The molecule has 2 nitrogen and oxygen atoms in total. The van der Waals surface area contributed by atoms with Gasteiger partial charge in [0.2, 0.25) is 0 Å². The summed E-state index contributed by atoms with van der Waals surface area (Å²) in [5, 5.41) is 18.2. The SMILES string of the molecule is CCC(C)(CC)c1cccc(B(O)O)c1. The zero-order chi connectivity index (χ0) is 11.5. The largest absolute Gasteiger partial charge is 0.488 e. The molecule has 0 unspecified atom stereocenters. The Morgan fingerprint density at radius 1 is 1.20 bits per heavy atom. The van der Waals surface area contributed by atoms with E-state index in [-0.39, 0.29) is 5.41 Å². The number of benzene rings is 1. The Morgan fingerprint density at radius 3 is 2.27 bits per heavy atom. The second-order valence-corrected chi connectivity index (χ2v) is 4.27. The van der Waals surface area contributed by atoms with Crippen LogP contribution in [0.15, 0.2) is 24.3 Å². The standard InChI is InChI=1S/C12H19BO2/c1-4-12(3,5-2)10-7-6-8-11(9-10)13(14)15/h6-9,14-15H,4-5H2,1-3H3. The van der Waals surface area contributed by atoms with Crippen molar-refractivity contribution in [2.75, 3.05) is 0 Å². The van der Waals surface area contributed by atoms with Gasteiger partial charge in [-0.3, -0.25) is 0 Å². The van der Waals surface area contributed by atoms with E-state index in [0.29, 0.717) is 5.46 Å². The highest BCUT2D eigenvalue weighted by Gasteiger charge is 2.23. The van der Waals surface area contributed by atoms with Crippen LogP contribution >= 0.6 is 0 Å². The number of rotatable bonds is 4. The second kappa shape index (κ2) is 4.82. The van der Waals surface area contributed by atoms with Crippen molar-refractivity contribution in [2.45, 2.75) is 39.0 Å². The molecule has 1 rings (SSSR count). The summed E-state index contributed by atoms with van der Waals surface area (Å²) < 4.78 is 0. The molecule has 0 saturated heterocycles. The first-order valence-corrected chi connectivity index (χ1v) is 5.50. The van der Waals surface area contributed by atoms with Crippen LogP contribution in [0.25, 0.3) is 0 Å². The van der Waals surface area contributed by atoms with Crippen LogP contribution in [-0.2, 0) is 5.41 Å². The van der Waals surface area contributed by atoms with Crippen molar-refractivity contribution in [3.63, 3.8) is 0 Å². The van der Waals surface area contributed by atoms with Gasteiger partial charge in [0.1, 0.15) is 0 Å². The first-order chi connectivity index (χ1) is 7.03. The molecule has 0 heterocycles. The highest BCUT2D eigenvalue weighted by atomic mass is 16.4. The molecule has 0 radical (unpaired) electrons. The van der Waals surface area contributed by atoms with Crippen molar-refractivity contribution in [1.29, 1.82) is 0 Å².